The first-order valence-electron chi connectivity index (χ1n) is 29.1. The summed E-state index contributed by atoms with van der Waals surface area (Å²) in [6.45, 7) is 12.8. The largest absolute Gasteiger partial charge is 0.508 e. The zero-order valence-corrected chi connectivity index (χ0v) is 48.8. The van der Waals surface area contributed by atoms with Crippen LogP contribution >= 0.6 is 0 Å². The van der Waals surface area contributed by atoms with Gasteiger partial charge in [-0.2, -0.15) is 0 Å². The fourth-order valence-corrected chi connectivity index (χ4v) is 11.3. The van der Waals surface area contributed by atoms with Gasteiger partial charge in [0.2, 0.25) is 0 Å². The Morgan fingerprint density at radius 2 is 0.464 bits per heavy atom. The molecule has 0 aliphatic heterocycles. The highest BCUT2D eigenvalue weighted by Crippen LogP contribution is 2.40. The predicted molar refractivity (Wildman–Crippen MR) is 350 cm³/mol. The first-order valence-corrected chi connectivity index (χ1v) is 29.1. The van der Waals surface area contributed by atoms with E-state index >= 15 is 0 Å². The maximum absolute atomic E-state index is 10.8. The average molecular weight is 1100 g/mol. The molecular weight excluding hydrogens is 1030 g/mol. The van der Waals surface area contributed by atoms with Crippen LogP contribution in [0.1, 0.15) is 124 Å². The summed E-state index contributed by atoms with van der Waals surface area (Å²) in [5, 5.41) is 50.3. The maximum atomic E-state index is 10.8. The summed E-state index contributed by atoms with van der Waals surface area (Å²) in [7, 11) is 0. The molecule has 420 valence electrons. The standard InChI is InChI=1S/3C26H25NO/c3*1-18-12-14-20(15-13-18)19(2)27-26(22-9-4-3-5-10-22)25-23-11-7-6-8-21(23)16-17-24(25)28/h3*3-17,19,26-28H,1-2H3/t3*19-,26-/m000/s1. The number of benzene rings is 12. The Hall–Kier alpha value is -9.30. The molecule has 0 bridgehead atoms. The molecule has 0 aliphatic carbocycles. The molecule has 6 heteroatoms. The van der Waals surface area contributed by atoms with Crippen molar-refractivity contribution in [1.82, 2.24) is 16.0 Å². The van der Waals surface area contributed by atoms with Gasteiger partial charge < -0.3 is 15.3 Å². The number of phenols is 3. The minimum atomic E-state index is -0.122. The van der Waals surface area contributed by atoms with Crippen molar-refractivity contribution in [3.63, 3.8) is 0 Å². The van der Waals surface area contributed by atoms with Crippen LogP contribution in [0.2, 0.25) is 0 Å². The zero-order valence-electron chi connectivity index (χ0n) is 48.8. The van der Waals surface area contributed by atoms with Gasteiger partial charge >= 0.3 is 0 Å². The molecule has 0 unspecified atom stereocenters. The SMILES string of the molecule is Cc1ccc([C@H](C)N[C@@H](c2ccccc2)c2c(O)ccc3ccccc23)cc1.Cc1ccc([C@H](C)N[C@@H](c2ccccc2)c2c(O)ccc3ccccc23)cc1.Cc1ccc([C@H](C)N[C@@H](c2ccccc2)c2c(O)ccc3ccccc23)cc1. The second-order valence-corrected chi connectivity index (χ2v) is 22.1. The van der Waals surface area contributed by atoms with Crippen molar-refractivity contribution in [2.45, 2.75) is 77.8 Å². The predicted octanol–water partition coefficient (Wildman–Crippen LogP) is 18.9. The van der Waals surface area contributed by atoms with Crippen LogP contribution in [0.25, 0.3) is 32.3 Å². The number of aromatic hydroxyl groups is 3. The van der Waals surface area contributed by atoms with E-state index in [0.29, 0.717) is 17.2 Å². The van der Waals surface area contributed by atoms with Crippen LogP contribution in [0.5, 0.6) is 17.2 Å². The molecule has 84 heavy (non-hydrogen) atoms. The summed E-state index contributed by atoms with van der Waals surface area (Å²) in [5.41, 5.74) is 13.6. The molecule has 12 rings (SSSR count). The van der Waals surface area contributed by atoms with Gasteiger partial charge in [-0.3, -0.25) is 16.0 Å². The Kier molecular flexibility index (Phi) is 18.7. The summed E-state index contributed by atoms with van der Waals surface area (Å²) < 4.78 is 0. The first kappa shape index (κ1) is 57.9. The molecule has 6 N–H and O–H groups in total. The Bertz CT molecular complexity index is 3640. The molecular formula is C78H75N3O3. The van der Waals surface area contributed by atoms with Gasteiger partial charge in [-0.15, -0.1) is 0 Å². The second-order valence-electron chi connectivity index (χ2n) is 22.1. The van der Waals surface area contributed by atoms with Crippen LogP contribution in [-0.4, -0.2) is 15.3 Å². The molecule has 0 amide bonds. The highest BCUT2D eigenvalue weighted by Gasteiger charge is 2.26. The Morgan fingerprint density at radius 1 is 0.238 bits per heavy atom. The fraction of sp³-hybridized carbons (Fsp3) is 0.154. The van der Waals surface area contributed by atoms with Gasteiger partial charge in [-0.05, 0) is 125 Å². The quantitative estimate of drug-likeness (QED) is 0.0612. The van der Waals surface area contributed by atoms with Gasteiger partial charge in [0.1, 0.15) is 17.2 Å². The summed E-state index contributed by atoms with van der Waals surface area (Å²) >= 11 is 0. The molecule has 0 fully saturated rings. The number of hydrogen-bond acceptors (Lipinski definition) is 6. The molecule has 0 saturated heterocycles. The van der Waals surface area contributed by atoms with Crippen molar-refractivity contribution in [3.8, 4) is 17.2 Å². The van der Waals surface area contributed by atoms with E-state index < -0.39 is 0 Å². The minimum absolute atomic E-state index is 0.122. The molecule has 6 atom stereocenters. The van der Waals surface area contributed by atoms with E-state index in [2.05, 4.69) is 203 Å². The Morgan fingerprint density at radius 3 is 0.714 bits per heavy atom. The smallest absolute Gasteiger partial charge is 0.121 e. The molecule has 0 aromatic heterocycles. The van der Waals surface area contributed by atoms with Gasteiger partial charge in [0.05, 0.1) is 18.1 Å². The number of aryl methyl sites for hydroxylation is 3. The average Bonchev–Trinajstić information content (AvgIpc) is 3.54. The molecule has 12 aromatic rings. The van der Waals surface area contributed by atoms with Gasteiger partial charge in [0.25, 0.3) is 0 Å². The highest BCUT2D eigenvalue weighted by atomic mass is 16.3. The molecule has 0 aliphatic rings. The van der Waals surface area contributed by atoms with Crippen molar-refractivity contribution in [2.24, 2.45) is 0 Å². The van der Waals surface area contributed by atoms with Crippen LogP contribution < -0.4 is 16.0 Å². The van der Waals surface area contributed by atoms with E-state index in [1.807, 2.05) is 109 Å². The first-order chi connectivity index (χ1) is 40.9. The minimum Gasteiger partial charge on any atom is -0.508 e. The summed E-state index contributed by atoms with van der Waals surface area (Å²) in [4.78, 5) is 0. The van der Waals surface area contributed by atoms with E-state index in [1.165, 1.54) is 33.4 Å². The van der Waals surface area contributed by atoms with E-state index in [4.69, 9.17) is 0 Å². The van der Waals surface area contributed by atoms with Gasteiger partial charge in [0, 0.05) is 34.8 Å². The zero-order chi connectivity index (χ0) is 58.5. The Balaban J connectivity index is 0.000000140. The van der Waals surface area contributed by atoms with Gasteiger partial charge in [0.15, 0.2) is 0 Å². The van der Waals surface area contributed by atoms with Crippen molar-refractivity contribution in [3.05, 3.63) is 340 Å². The lowest BCUT2D eigenvalue weighted by atomic mass is 9.91. The van der Waals surface area contributed by atoms with Gasteiger partial charge in [-0.25, -0.2) is 0 Å². The number of hydrogen-bond donors (Lipinski definition) is 6. The third-order valence-electron chi connectivity index (χ3n) is 16.1. The number of fused-ring (bicyclic) bond motifs is 3. The monoisotopic (exact) mass is 1100 g/mol. The van der Waals surface area contributed by atoms with Crippen molar-refractivity contribution in [1.29, 1.82) is 0 Å². The highest BCUT2D eigenvalue weighted by molar-refractivity contribution is 5.90. The number of nitrogens with one attached hydrogen (secondary N) is 3. The third-order valence-corrected chi connectivity index (χ3v) is 16.1. The van der Waals surface area contributed by atoms with E-state index in [9.17, 15) is 15.3 Å². The second kappa shape index (κ2) is 27.2. The van der Waals surface area contributed by atoms with Crippen LogP contribution in [0.4, 0.5) is 0 Å². The van der Waals surface area contributed by atoms with E-state index in [-0.39, 0.29) is 36.3 Å². The Labute approximate surface area is 495 Å². The molecule has 6 nitrogen and oxygen atoms in total. The lowest BCUT2D eigenvalue weighted by Crippen LogP contribution is -2.26. The molecule has 0 spiro atoms. The number of rotatable bonds is 15. The number of phenolic OH excluding ortho intramolecular Hbond substituents is 3. The van der Waals surface area contributed by atoms with Crippen molar-refractivity contribution < 1.29 is 15.3 Å². The lowest BCUT2D eigenvalue weighted by molar-refractivity contribution is 0.448. The van der Waals surface area contributed by atoms with E-state index in [1.54, 1.807) is 18.2 Å². The lowest BCUT2D eigenvalue weighted by Gasteiger charge is -2.26. The third kappa shape index (κ3) is 13.8. The van der Waals surface area contributed by atoms with Crippen LogP contribution in [0.15, 0.2) is 273 Å². The summed E-state index contributed by atoms with van der Waals surface area (Å²) in [5.74, 6) is 0.948. The fourth-order valence-electron chi connectivity index (χ4n) is 11.3. The topological polar surface area (TPSA) is 96.8 Å². The van der Waals surface area contributed by atoms with Gasteiger partial charge in [-0.1, -0.05) is 271 Å². The summed E-state index contributed by atoms with van der Waals surface area (Å²) in [6, 6.07) is 92.8. The van der Waals surface area contributed by atoms with E-state index in [0.717, 1.165) is 65.7 Å². The van der Waals surface area contributed by atoms with Crippen LogP contribution in [0, 0.1) is 20.8 Å². The van der Waals surface area contributed by atoms with Crippen LogP contribution in [0.3, 0.4) is 0 Å². The summed E-state index contributed by atoms with van der Waals surface area (Å²) in [6.07, 6.45) is 0. The molecule has 12 aromatic carbocycles. The maximum Gasteiger partial charge on any atom is 0.121 e. The molecule has 0 heterocycles. The van der Waals surface area contributed by atoms with Crippen molar-refractivity contribution in [2.75, 3.05) is 0 Å². The molecule has 0 saturated carbocycles. The van der Waals surface area contributed by atoms with Crippen LogP contribution in [-0.2, 0) is 0 Å². The molecule has 0 radical (unpaired) electrons. The van der Waals surface area contributed by atoms with Crippen molar-refractivity contribution >= 4 is 32.3 Å². The normalized spacial score (nSPS) is 13.4.